The van der Waals surface area contributed by atoms with E-state index in [1.807, 2.05) is 12.1 Å². The van der Waals surface area contributed by atoms with Crippen molar-refractivity contribution in [3.05, 3.63) is 64.3 Å². The average Bonchev–Trinajstić information content (AvgIpc) is 3.04. The lowest BCUT2D eigenvalue weighted by Crippen LogP contribution is -2.04. The second kappa shape index (κ2) is 6.34. The second-order valence-electron chi connectivity index (χ2n) is 5.63. The first kappa shape index (κ1) is 16.4. The van der Waals surface area contributed by atoms with E-state index in [9.17, 15) is 4.39 Å². The van der Waals surface area contributed by atoms with Crippen LogP contribution in [0.4, 0.5) is 16.2 Å². The fraction of sp³-hybridized carbons (Fsp3) is 0.0588. The lowest BCUT2D eigenvalue weighted by molar-refractivity contribution is 0.628. The van der Waals surface area contributed by atoms with Gasteiger partial charge in [0.15, 0.2) is 11.5 Å². The van der Waals surface area contributed by atoms with Gasteiger partial charge in [0.05, 0.1) is 22.3 Å². The van der Waals surface area contributed by atoms with Crippen molar-refractivity contribution in [1.82, 2.24) is 24.6 Å². The molecule has 0 radical (unpaired) electrons. The van der Waals surface area contributed by atoms with Crippen LogP contribution in [0.1, 0.15) is 11.5 Å². The van der Waals surface area contributed by atoms with Crippen LogP contribution in [0.15, 0.2) is 46.9 Å². The molecule has 9 heteroatoms. The third-order valence-corrected chi connectivity index (χ3v) is 4.51. The Kier molecular flexibility index (Phi) is 4.00. The molecule has 0 bridgehead atoms. The number of hydrogen-bond acceptors (Lipinski definition) is 6. The summed E-state index contributed by atoms with van der Waals surface area (Å²) in [7, 11) is 0. The summed E-state index contributed by atoms with van der Waals surface area (Å²) in [5.41, 5.74) is 14.3. The van der Waals surface area contributed by atoms with Crippen molar-refractivity contribution in [1.29, 1.82) is 0 Å². The Balaban J connectivity index is 1.79. The Morgan fingerprint density at radius 2 is 1.77 bits per heavy atom. The van der Waals surface area contributed by atoms with Gasteiger partial charge in [-0.2, -0.15) is 4.52 Å². The van der Waals surface area contributed by atoms with Crippen LogP contribution in [-0.4, -0.2) is 24.6 Å². The van der Waals surface area contributed by atoms with Gasteiger partial charge < -0.3 is 11.5 Å². The molecule has 0 spiro atoms. The first-order valence-electron chi connectivity index (χ1n) is 7.69. The van der Waals surface area contributed by atoms with Gasteiger partial charge in [0.25, 0.3) is 0 Å². The summed E-state index contributed by atoms with van der Waals surface area (Å²) in [5.74, 6) is 0.834. The van der Waals surface area contributed by atoms with E-state index in [4.69, 9.17) is 11.5 Å². The predicted molar refractivity (Wildman–Crippen MR) is 99.7 cm³/mol. The number of nitrogen functional groups attached to an aromatic ring is 2. The highest BCUT2D eigenvalue weighted by Crippen LogP contribution is 2.30. The number of benzene rings is 1. The van der Waals surface area contributed by atoms with Gasteiger partial charge in [-0.1, -0.05) is 6.07 Å². The molecule has 0 amide bonds. The number of anilines is 2. The van der Waals surface area contributed by atoms with Crippen LogP contribution in [0.2, 0.25) is 0 Å². The van der Waals surface area contributed by atoms with Gasteiger partial charge in [-0.25, -0.2) is 19.3 Å². The zero-order valence-electron chi connectivity index (χ0n) is 13.4. The van der Waals surface area contributed by atoms with E-state index in [-0.39, 0.29) is 11.8 Å². The summed E-state index contributed by atoms with van der Waals surface area (Å²) in [6.07, 6.45) is 0.407. The summed E-state index contributed by atoms with van der Waals surface area (Å²) in [5, 5.41) is 4.39. The van der Waals surface area contributed by atoms with Crippen LogP contribution in [0, 0.1) is 5.82 Å². The number of rotatable bonds is 3. The number of nitrogens with zero attached hydrogens (tertiary/aromatic N) is 5. The predicted octanol–water partition coefficient (Wildman–Crippen LogP) is 2.84. The quantitative estimate of drug-likeness (QED) is 0.534. The van der Waals surface area contributed by atoms with E-state index in [2.05, 4.69) is 36.0 Å². The highest BCUT2D eigenvalue weighted by atomic mass is 79.9. The topological polar surface area (TPSA) is 108 Å². The van der Waals surface area contributed by atoms with E-state index in [1.165, 1.54) is 16.6 Å². The van der Waals surface area contributed by atoms with Gasteiger partial charge in [0.1, 0.15) is 11.6 Å². The maximum atomic E-state index is 13.2. The lowest BCUT2D eigenvalue weighted by atomic mass is 10.1. The molecule has 4 N–H and O–H groups in total. The van der Waals surface area contributed by atoms with Gasteiger partial charge in [0, 0.05) is 5.56 Å². The van der Waals surface area contributed by atoms with E-state index < -0.39 is 0 Å². The maximum absolute atomic E-state index is 13.2. The summed E-state index contributed by atoms with van der Waals surface area (Å²) >= 11 is 3.51. The van der Waals surface area contributed by atoms with E-state index in [0.717, 1.165) is 11.3 Å². The molecule has 26 heavy (non-hydrogen) atoms. The lowest BCUT2D eigenvalue weighted by Gasteiger charge is -2.06. The SMILES string of the molecule is Nc1cccc(Cc2nc3c(Br)c(-c4ccc(F)cc4)nc(N)n3n2)n1. The molecular formula is C17H13BrFN7. The monoisotopic (exact) mass is 413 g/mol. The molecule has 4 aromatic rings. The fourth-order valence-electron chi connectivity index (χ4n) is 2.61. The van der Waals surface area contributed by atoms with Crippen LogP contribution in [0.5, 0.6) is 0 Å². The molecule has 0 unspecified atom stereocenters. The Morgan fingerprint density at radius 3 is 2.50 bits per heavy atom. The van der Waals surface area contributed by atoms with E-state index >= 15 is 0 Å². The molecule has 3 aromatic heterocycles. The molecule has 4 rings (SSSR count). The minimum atomic E-state index is -0.321. The fourth-order valence-corrected chi connectivity index (χ4v) is 3.18. The largest absolute Gasteiger partial charge is 0.384 e. The molecule has 7 nitrogen and oxygen atoms in total. The van der Waals surface area contributed by atoms with Crippen molar-refractivity contribution >= 4 is 33.3 Å². The molecule has 0 saturated carbocycles. The van der Waals surface area contributed by atoms with Gasteiger partial charge >= 0.3 is 0 Å². The van der Waals surface area contributed by atoms with Crippen LogP contribution >= 0.6 is 15.9 Å². The van der Waals surface area contributed by atoms with Gasteiger partial charge in [-0.15, -0.1) is 5.10 Å². The summed E-state index contributed by atoms with van der Waals surface area (Å²) < 4.78 is 15.3. The number of hydrogen-bond donors (Lipinski definition) is 2. The Bertz CT molecular complexity index is 1110. The van der Waals surface area contributed by atoms with E-state index in [1.54, 1.807) is 18.2 Å². The normalized spacial score (nSPS) is 11.2. The van der Waals surface area contributed by atoms with Crippen molar-refractivity contribution in [2.24, 2.45) is 0 Å². The van der Waals surface area contributed by atoms with Crippen molar-refractivity contribution in [2.45, 2.75) is 6.42 Å². The Labute approximate surface area is 156 Å². The molecule has 3 heterocycles. The molecule has 130 valence electrons. The standard InChI is InChI=1S/C17H13BrFN7/c18-14-15(9-4-6-10(19)7-5-9)24-17(21)26-16(14)23-13(25-26)8-11-2-1-3-12(20)22-11/h1-7H,8H2,(H2,20,22)(H2,21,24). The van der Waals surface area contributed by atoms with Gasteiger partial charge in [-0.05, 0) is 52.3 Å². The molecule has 1 aromatic carbocycles. The third kappa shape index (κ3) is 2.97. The third-order valence-electron chi connectivity index (χ3n) is 3.78. The number of pyridine rings is 1. The zero-order chi connectivity index (χ0) is 18.3. The van der Waals surface area contributed by atoms with Crippen molar-refractivity contribution in [2.75, 3.05) is 11.5 Å². The molecule has 0 aliphatic carbocycles. The molecule has 0 aliphatic heterocycles. The first-order valence-corrected chi connectivity index (χ1v) is 8.48. The minimum Gasteiger partial charge on any atom is -0.384 e. The molecule has 0 aliphatic rings. The van der Waals surface area contributed by atoms with Crippen LogP contribution in [0.25, 0.3) is 16.9 Å². The Hall–Kier alpha value is -3.07. The summed E-state index contributed by atoms with van der Waals surface area (Å²) in [6.45, 7) is 0. The molecule has 0 saturated heterocycles. The summed E-state index contributed by atoms with van der Waals surface area (Å²) in [4.78, 5) is 13.2. The smallest absolute Gasteiger partial charge is 0.223 e. The zero-order valence-corrected chi connectivity index (χ0v) is 15.0. The highest BCUT2D eigenvalue weighted by Gasteiger charge is 2.17. The maximum Gasteiger partial charge on any atom is 0.223 e. The number of aromatic nitrogens is 5. The minimum absolute atomic E-state index is 0.182. The van der Waals surface area contributed by atoms with Crippen LogP contribution in [-0.2, 0) is 6.42 Å². The van der Waals surface area contributed by atoms with Crippen LogP contribution in [0.3, 0.4) is 0 Å². The van der Waals surface area contributed by atoms with Crippen molar-refractivity contribution < 1.29 is 4.39 Å². The van der Waals surface area contributed by atoms with Gasteiger partial charge in [0.2, 0.25) is 5.95 Å². The average molecular weight is 414 g/mol. The number of nitrogens with two attached hydrogens (primary N) is 2. The van der Waals surface area contributed by atoms with Crippen LogP contribution < -0.4 is 11.5 Å². The number of halogens is 2. The second-order valence-corrected chi connectivity index (χ2v) is 6.43. The van der Waals surface area contributed by atoms with E-state index in [0.29, 0.717) is 33.9 Å². The summed E-state index contributed by atoms with van der Waals surface area (Å²) in [6, 6.07) is 11.4. The molecule has 0 fully saturated rings. The molecular weight excluding hydrogens is 401 g/mol. The molecule has 0 atom stereocenters. The highest BCUT2D eigenvalue weighted by molar-refractivity contribution is 9.10. The Morgan fingerprint density at radius 1 is 1.00 bits per heavy atom. The van der Waals surface area contributed by atoms with Crippen molar-refractivity contribution in [3.8, 4) is 11.3 Å². The number of fused-ring (bicyclic) bond motifs is 1. The van der Waals surface area contributed by atoms with Gasteiger partial charge in [-0.3, -0.25) is 0 Å². The first-order chi connectivity index (χ1) is 12.5. The van der Waals surface area contributed by atoms with Crippen molar-refractivity contribution in [3.63, 3.8) is 0 Å².